The lowest BCUT2D eigenvalue weighted by Gasteiger charge is -2.12. The summed E-state index contributed by atoms with van der Waals surface area (Å²) in [4.78, 5) is -0.349. The number of alkyl halides is 1. The highest BCUT2D eigenvalue weighted by Gasteiger charge is 2.18. The molecule has 3 nitrogen and oxygen atoms in total. The minimum absolute atomic E-state index is 0.0626. The lowest BCUT2D eigenvalue weighted by atomic mass is 10.1. The molecule has 0 bridgehead atoms. The standard InChI is InChI=1S/C14H12ClF2NO2S/c15-12(10-4-2-1-3-5-10)9-18-21(19,20)11-6-7-13(16)14(17)8-11/h1-8,12,18H,9H2. The van der Waals surface area contributed by atoms with E-state index in [0.29, 0.717) is 6.07 Å². The summed E-state index contributed by atoms with van der Waals surface area (Å²) in [6.07, 6.45) is 0. The molecule has 1 atom stereocenters. The molecule has 112 valence electrons. The fourth-order valence-electron chi connectivity index (χ4n) is 1.69. The zero-order valence-corrected chi connectivity index (χ0v) is 12.3. The topological polar surface area (TPSA) is 46.2 Å². The SMILES string of the molecule is O=S(=O)(NCC(Cl)c1ccccc1)c1ccc(F)c(F)c1. The summed E-state index contributed by atoms with van der Waals surface area (Å²) >= 11 is 6.10. The molecule has 0 aliphatic rings. The van der Waals surface area contributed by atoms with Gasteiger partial charge in [0.05, 0.1) is 10.3 Å². The third kappa shape index (κ3) is 4.00. The van der Waals surface area contributed by atoms with E-state index in [1.165, 1.54) is 0 Å². The van der Waals surface area contributed by atoms with Crippen LogP contribution >= 0.6 is 11.6 Å². The molecule has 2 rings (SSSR count). The number of benzene rings is 2. The second kappa shape index (κ2) is 6.51. The van der Waals surface area contributed by atoms with E-state index in [1.54, 1.807) is 24.3 Å². The lowest BCUT2D eigenvalue weighted by Crippen LogP contribution is -2.27. The molecule has 0 aliphatic heterocycles. The van der Waals surface area contributed by atoms with Gasteiger partial charge in [-0.25, -0.2) is 21.9 Å². The van der Waals surface area contributed by atoms with Crippen molar-refractivity contribution in [1.82, 2.24) is 4.72 Å². The van der Waals surface area contributed by atoms with Crippen LogP contribution in [0.15, 0.2) is 53.4 Å². The molecular formula is C14H12ClF2NO2S. The first-order valence-electron chi connectivity index (χ1n) is 6.04. The molecule has 0 saturated carbocycles. The minimum atomic E-state index is -3.94. The van der Waals surface area contributed by atoms with E-state index in [9.17, 15) is 17.2 Å². The van der Waals surface area contributed by atoms with Crippen LogP contribution in [-0.4, -0.2) is 15.0 Å². The smallest absolute Gasteiger partial charge is 0.209 e. The summed E-state index contributed by atoms with van der Waals surface area (Å²) in [5.41, 5.74) is 0.757. The molecule has 0 fully saturated rings. The van der Waals surface area contributed by atoms with E-state index in [2.05, 4.69) is 4.72 Å². The van der Waals surface area contributed by atoms with E-state index < -0.39 is 27.0 Å². The summed E-state index contributed by atoms with van der Waals surface area (Å²) in [5, 5.41) is -0.564. The molecule has 0 aliphatic carbocycles. The van der Waals surface area contributed by atoms with E-state index in [1.807, 2.05) is 6.07 Å². The highest BCUT2D eigenvalue weighted by Crippen LogP contribution is 2.20. The van der Waals surface area contributed by atoms with Crippen LogP contribution in [0, 0.1) is 11.6 Å². The molecule has 0 aromatic heterocycles. The minimum Gasteiger partial charge on any atom is -0.209 e. The summed E-state index contributed by atoms with van der Waals surface area (Å²) in [6, 6.07) is 11.3. The Hall–Kier alpha value is -1.50. The molecule has 2 aromatic carbocycles. The van der Waals surface area contributed by atoms with E-state index in [0.717, 1.165) is 17.7 Å². The van der Waals surface area contributed by atoms with Gasteiger partial charge in [0.25, 0.3) is 0 Å². The fourth-order valence-corrected chi connectivity index (χ4v) is 3.06. The normalized spacial score (nSPS) is 13.1. The maximum Gasteiger partial charge on any atom is 0.240 e. The van der Waals surface area contributed by atoms with Crippen molar-refractivity contribution in [3.63, 3.8) is 0 Å². The Morgan fingerprint density at radius 3 is 2.33 bits per heavy atom. The summed E-state index contributed by atoms with van der Waals surface area (Å²) in [7, 11) is -3.94. The molecular weight excluding hydrogens is 320 g/mol. The highest BCUT2D eigenvalue weighted by atomic mass is 35.5. The average molecular weight is 332 g/mol. The Balaban J connectivity index is 2.09. The number of sulfonamides is 1. The molecule has 0 spiro atoms. The van der Waals surface area contributed by atoms with Crippen LogP contribution in [-0.2, 0) is 10.0 Å². The van der Waals surface area contributed by atoms with Crippen molar-refractivity contribution in [3.8, 4) is 0 Å². The molecule has 7 heteroatoms. The summed E-state index contributed by atoms with van der Waals surface area (Å²) < 4.78 is 52.1. The zero-order valence-electron chi connectivity index (χ0n) is 10.8. The third-order valence-corrected chi connectivity index (χ3v) is 4.64. The van der Waals surface area contributed by atoms with E-state index in [4.69, 9.17) is 11.6 Å². The second-order valence-electron chi connectivity index (χ2n) is 4.31. The van der Waals surface area contributed by atoms with Crippen molar-refractivity contribution in [1.29, 1.82) is 0 Å². The van der Waals surface area contributed by atoms with Crippen LogP contribution in [0.4, 0.5) is 8.78 Å². The first-order chi connectivity index (χ1) is 9.90. The molecule has 0 radical (unpaired) electrons. The van der Waals surface area contributed by atoms with Gasteiger partial charge < -0.3 is 0 Å². The average Bonchev–Trinajstić information content (AvgIpc) is 2.48. The number of halogens is 3. The van der Waals surface area contributed by atoms with Gasteiger partial charge in [-0.2, -0.15) is 0 Å². The van der Waals surface area contributed by atoms with Crippen molar-refractivity contribution in [2.24, 2.45) is 0 Å². The van der Waals surface area contributed by atoms with Crippen molar-refractivity contribution >= 4 is 21.6 Å². The molecule has 21 heavy (non-hydrogen) atoms. The van der Waals surface area contributed by atoms with Crippen molar-refractivity contribution in [2.75, 3.05) is 6.54 Å². The van der Waals surface area contributed by atoms with Gasteiger partial charge in [0.2, 0.25) is 10.0 Å². The predicted molar refractivity (Wildman–Crippen MR) is 76.6 cm³/mol. The number of rotatable bonds is 5. The summed E-state index contributed by atoms with van der Waals surface area (Å²) in [6.45, 7) is -0.0626. The Morgan fingerprint density at radius 1 is 1.05 bits per heavy atom. The maximum atomic E-state index is 13.1. The first-order valence-corrected chi connectivity index (χ1v) is 7.96. The molecule has 0 saturated heterocycles. The highest BCUT2D eigenvalue weighted by molar-refractivity contribution is 7.89. The van der Waals surface area contributed by atoms with Gasteiger partial charge >= 0.3 is 0 Å². The second-order valence-corrected chi connectivity index (χ2v) is 6.60. The molecule has 1 unspecified atom stereocenters. The van der Waals surface area contributed by atoms with Gasteiger partial charge in [-0.15, -0.1) is 11.6 Å². The van der Waals surface area contributed by atoms with Crippen LogP contribution in [0.3, 0.4) is 0 Å². The van der Waals surface area contributed by atoms with Crippen molar-refractivity contribution < 1.29 is 17.2 Å². The van der Waals surface area contributed by atoms with Gasteiger partial charge in [0, 0.05) is 6.54 Å². The summed E-state index contributed by atoms with van der Waals surface area (Å²) in [5.74, 6) is -2.32. The van der Waals surface area contributed by atoms with Gasteiger partial charge in [-0.1, -0.05) is 30.3 Å². The van der Waals surface area contributed by atoms with E-state index in [-0.39, 0.29) is 11.4 Å². The maximum absolute atomic E-state index is 13.1. The monoisotopic (exact) mass is 331 g/mol. The van der Waals surface area contributed by atoms with Gasteiger partial charge in [0.1, 0.15) is 0 Å². The number of nitrogens with one attached hydrogen (secondary N) is 1. The zero-order chi connectivity index (χ0) is 15.5. The third-order valence-electron chi connectivity index (χ3n) is 2.82. The van der Waals surface area contributed by atoms with Crippen molar-refractivity contribution in [3.05, 3.63) is 65.7 Å². The fraction of sp³-hybridized carbons (Fsp3) is 0.143. The molecule has 0 heterocycles. The van der Waals surface area contributed by atoms with Gasteiger partial charge in [-0.3, -0.25) is 0 Å². The van der Waals surface area contributed by atoms with Crippen LogP contribution in [0.25, 0.3) is 0 Å². The molecule has 0 amide bonds. The molecule has 1 N–H and O–H groups in total. The first kappa shape index (κ1) is 15.9. The van der Waals surface area contributed by atoms with Crippen LogP contribution in [0.2, 0.25) is 0 Å². The molecule has 2 aromatic rings. The van der Waals surface area contributed by atoms with Gasteiger partial charge in [-0.05, 0) is 23.8 Å². The van der Waals surface area contributed by atoms with E-state index >= 15 is 0 Å². The number of hydrogen-bond acceptors (Lipinski definition) is 2. The Morgan fingerprint density at radius 2 is 1.71 bits per heavy atom. The quantitative estimate of drug-likeness (QED) is 0.855. The van der Waals surface area contributed by atoms with Crippen molar-refractivity contribution in [2.45, 2.75) is 10.3 Å². The van der Waals surface area contributed by atoms with Crippen LogP contribution in [0.5, 0.6) is 0 Å². The predicted octanol–water partition coefficient (Wildman–Crippen LogP) is 3.22. The largest absolute Gasteiger partial charge is 0.240 e. The number of hydrogen-bond donors (Lipinski definition) is 1. The Kier molecular flexibility index (Phi) is 4.92. The van der Waals surface area contributed by atoms with Crippen LogP contribution in [0.1, 0.15) is 10.9 Å². The Bertz CT molecular complexity index is 723. The Labute approximate surface area is 126 Å². The van der Waals surface area contributed by atoms with Gasteiger partial charge in [0.15, 0.2) is 11.6 Å². The van der Waals surface area contributed by atoms with Crippen LogP contribution < -0.4 is 4.72 Å². The lowest BCUT2D eigenvalue weighted by molar-refractivity contribution is 0.504.